The van der Waals surface area contributed by atoms with Gasteiger partial charge in [-0.3, -0.25) is 14.0 Å². The number of nitrogens with one attached hydrogen (secondary N) is 1. The average molecular weight is 449 g/mol. The molecular formula is C18H13ClN4O2S3. The topological polar surface area (TPSA) is 76.4 Å². The smallest absolute Gasteiger partial charge is 0.258 e. The summed E-state index contributed by atoms with van der Waals surface area (Å²) in [5.74, 6) is 0.575. The van der Waals surface area contributed by atoms with Gasteiger partial charge in [0.1, 0.15) is 0 Å². The van der Waals surface area contributed by atoms with Crippen molar-refractivity contribution in [2.45, 2.75) is 5.75 Å². The predicted molar refractivity (Wildman–Crippen MR) is 117 cm³/mol. The van der Waals surface area contributed by atoms with Crippen LogP contribution < -0.4 is 10.9 Å². The van der Waals surface area contributed by atoms with Crippen molar-refractivity contribution in [2.24, 2.45) is 0 Å². The molecule has 10 heteroatoms. The van der Waals surface area contributed by atoms with Crippen LogP contribution in [0.2, 0.25) is 5.02 Å². The van der Waals surface area contributed by atoms with E-state index in [0.717, 1.165) is 11.3 Å². The molecule has 1 aromatic carbocycles. The summed E-state index contributed by atoms with van der Waals surface area (Å²) in [5, 5.41) is 7.62. The third-order valence-corrected chi connectivity index (χ3v) is 6.55. The van der Waals surface area contributed by atoms with Crippen LogP contribution in [0.5, 0.6) is 0 Å². The van der Waals surface area contributed by atoms with Gasteiger partial charge in [-0.1, -0.05) is 29.8 Å². The minimum absolute atomic E-state index is 0.110. The van der Waals surface area contributed by atoms with Gasteiger partial charge in [-0.25, -0.2) is 9.97 Å². The number of anilines is 1. The van der Waals surface area contributed by atoms with Gasteiger partial charge >= 0.3 is 0 Å². The number of carbonyl (C=O) groups excluding carboxylic acids is 1. The van der Waals surface area contributed by atoms with Crippen molar-refractivity contribution in [1.82, 2.24) is 14.4 Å². The fraction of sp³-hybridized carbons (Fsp3) is 0.111. The molecule has 28 heavy (non-hydrogen) atoms. The summed E-state index contributed by atoms with van der Waals surface area (Å²) < 4.78 is 1.50. The van der Waals surface area contributed by atoms with Gasteiger partial charge in [0, 0.05) is 39.4 Å². The van der Waals surface area contributed by atoms with E-state index in [1.165, 1.54) is 44.9 Å². The molecule has 142 valence electrons. The molecule has 0 saturated carbocycles. The first-order valence-electron chi connectivity index (χ1n) is 8.14. The molecule has 0 aliphatic heterocycles. The minimum Gasteiger partial charge on any atom is -0.301 e. The van der Waals surface area contributed by atoms with Crippen LogP contribution in [0.25, 0.3) is 16.2 Å². The summed E-state index contributed by atoms with van der Waals surface area (Å²) in [5.41, 5.74) is 2.12. The van der Waals surface area contributed by atoms with Gasteiger partial charge in [-0.15, -0.1) is 34.4 Å². The Labute approximate surface area is 177 Å². The Morgan fingerprint density at radius 2 is 2.11 bits per heavy atom. The molecule has 0 aliphatic carbocycles. The molecule has 6 nitrogen and oxygen atoms in total. The van der Waals surface area contributed by atoms with Gasteiger partial charge in [0.15, 0.2) is 10.1 Å². The van der Waals surface area contributed by atoms with Crippen LogP contribution in [0.4, 0.5) is 5.13 Å². The van der Waals surface area contributed by atoms with E-state index < -0.39 is 0 Å². The summed E-state index contributed by atoms with van der Waals surface area (Å²) in [6.45, 7) is 0. The largest absolute Gasteiger partial charge is 0.301 e. The third kappa shape index (κ3) is 4.27. The van der Waals surface area contributed by atoms with E-state index in [1.54, 1.807) is 12.3 Å². The van der Waals surface area contributed by atoms with Crippen LogP contribution in [0.1, 0.15) is 5.69 Å². The molecule has 3 heterocycles. The molecule has 0 aliphatic rings. The Bertz CT molecular complexity index is 1200. The number of benzene rings is 1. The van der Waals surface area contributed by atoms with Crippen LogP contribution in [0.3, 0.4) is 0 Å². The van der Waals surface area contributed by atoms with Gasteiger partial charge in [-0.2, -0.15) is 0 Å². The number of thioether (sulfide) groups is 1. The van der Waals surface area contributed by atoms with Crippen LogP contribution >= 0.6 is 46.0 Å². The van der Waals surface area contributed by atoms with Crippen molar-refractivity contribution in [3.8, 4) is 11.3 Å². The fourth-order valence-corrected chi connectivity index (χ4v) is 4.90. The lowest BCUT2D eigenvalue weighted by Gasteiger charge is -2.03. The number of thiazole rings is 2. The summed E-state index contributed by atoms with van der Waals surface area (Å²) in [4.78, 5) is 33.7. The van der Waals surface area contributed by atoms with E-state index in [1.807, 2.05) is 29.0 Å². The van der Waals surface area contributed by atoms with Crippen molar-refractivity contribution in [3.05, 3.63) is 68.4 Å². The standard InChI is InChI=1S/C18H13ClN4O2S3/c19-13-4-2-1-3-12(13)14-9-28-17(21-14)22-15(24)10-26-8-11-7-16(25)23-5-6-27-18(23)20-11/h1-7,9H,8,10H2,(H,21,22,24). The number of halogens is 1. The van der Waals surface area contributed by atoms with Crippen LogP contribution in [-0.2, 0) is 10.5 Å². The molecule has 0 fully saturated rings. The Balaban J connectivity index is 1.33. The number of hydrogen-bond donors (Lipinski definition) is 1. The number of fused-ring (bicyclic) bond motifs is 1. The second-order valence-corrected chi connectivity index (χ2v) is 8.82. The SMILES string of the molecule is O=C(CSCc1cc(=O)n2ccsc2n1)Nc1nc(-c2ccccc2Cl)cs1. The van der Waals surface area contributed by atoms with E-state index >= 15 is 0 Å². The number of hydrogen-bond acceptors (Lipinski definition) is 7. The lowest BCUT2D eigenvalue weighted by Crippen LogP contribution is -2.15. The number of rotatable bonds is 6. The van der Waals surface area contributed by atoms with E-state index in [0.29, 0.717) is 26.6 Å². The number of aromatic nitrogens is 3. The number of amides is 1. The van der Waals surface area contributed by atoms with Gasteiger partial charge in [-0.05, 0) is 6.07 Å². The molecule has 4 aromatic rings. The maximum Gasteiger partial charge on any atom is 0.258 e. The highest BCUT2D eigenvalue weighted by atomic mass is 35.5. The monoisotopic (exact) mass is 448 g/mol. The van der Waals surface area contributed by atoms with Crippen molar-refractivity contribution >= 4 is 62.0 Å². The lowest BCUT2D eigenvalue weighted by molar-refractivity contribution is -0.113. The van der Waals surface area contributed by atoms with E-state index in [2.05, 4.69) is 15.3 Å². The first-order chi connectivity index (χ1) is 13.6. The maximum absolute atomic E-state index is 12.2. The van der Waals surface area contributed by atoms with Crippen LogP contribution in [-0.4, -0.2) is 26.0 Å². The number of nitrogens with zero attached hydrogens (tertiary/aromatic N) is 3. The predicted octanol–water partition coefficient (Wildman–Crippen LogP) is 4.40. The molecule has 1 N–H and O–H groups in total. The fourth-order valence-electron chi connectivity index (χ4n) is 2.49. The van der Waals surface area contributed by atoms with E-state index in [-0.39, 0.29) is 17.2 Å². The number of carbonyl (C=O) groups is 1. The minimum atomic E-state index is -0.154. The zero-order chi connectivity index (χ0) is 19.5. The normalized spacial score (nSPS) is 11.0. The third-order valence-electron chi connectivity index (χ3n) is 3.74. The highest BCUT2D eigenvalue weighted by Crippen LogP contribution is 2.30. The van der Waals surface area contributed by atoms with E-state index in [4.69, 9.17) is 11.6 Å². The first kappa shape index (κ1) is 19.1. The molecule has 0 saturated heterocycles. The van der Waals surface area contributed by atoms with Crippen molar-refractivity contribution in [1.29, 1.82) is 0 Å². The van der Waals surface area contributed by atoms with Gasteiger partial charge < -0.3 is 5.32 Å². The highest BCUT2D eigenvalue weighted by Gasteiger charge is 2.11. The Hall–Kier alpha value is -2.20. The van der Waals surface area contributed by atoms with Gasteiger partial charge in [0.05, 0.1) is 17.1 Å². The molecule has 3 aromatic heterocycles. The molecule has 0 radical (unpaired) electrons. The average Bonchev–Trinajstić information content (AvgIpc) is 3.32. The highest BCUT2D eigenvalue weighted by molar-refractivity contribution is 7.99. The molecule has 0 spiro atoms. The Morgan fingerprint density at radius 1 is 1.25 bits per heavy atom. The quantitative estimate of drug-likeness (QED) is 0.473. The second kappa shape index (κ2) is 8.44. The summed E-state index contributed by atoms with van der Waals surface area (Å²) >= 11 is 10.3. The Morgan fingerprint density at radius 3 is 2.96 bits per heavy atom. The summed E-state index contributed by atoms with van der Waals surface area (Å²) in [6, 6.07) is 8.94. The zero-order valence-corrected chi connectivity index (χ0v) is 17.5. The zero-order valence-electron chi connectivity index (χ0n) is 14.3. The Kier molecular flexibility index (Phi) is 5.77. The van der Waals surface area contributed by atoms with Crippen LogP contribution in [0, 0.1) is 0 Å². The molecule has 0 atom stereocenters. The first-order valence-corrected chi connectivity index (χ1v) is 11.4. The molecule has 1 amide bonds. The molecule has 0 bridgehead atoms. The second-order valence-electron chi connectivity index (χ2n) is 5.70. The maximum atomic E-state index is 12.2. The summed E-state index contributed by atoms with van der Waals surface area (Å²) in [7, 11) is 0. The molecular weight excluding hydrogens is 436 g/mol. The van der Waals surface area contributed by atoms with Crippen molar-refractivity contribution in [3.63, 3.8) is 0 Å². The summed E-state index contributed by atoms with van der Waals surface area (Å²) in [6.07, 6.45) is 1.70. The van der Waals surface area contributed by atoms with Crippen molar-refractivity contribution < 1.29 is 4.79 Å². The lowest BCUT2D eigenvalue weighted by atomic mass is 10.2. The van der Waals surface area contributed by atoms with Crippen molar-refractivity contribution in [2.75, 3.05) is 11.1 Å². The van der Waals surface area contributed by atoms with Crippen LogP contribution in [0.15, 0.2) is 52.1 Å². The van der Waals surface area contributed by atoms with Gasteiger partial charge in [0.2, 0.25) is 5.91 Å². The van der Waals surface area contributed by atoms with E-state index in [9.17, 15) is 9.59 Å². The molecule has 4 rings (SSSR count). The molecule has 0 unspecified atom stereocenters. The van der Waals surface area contributed by atoms with Gasteiger partial charge in [0.25, 0.3) is 5.56 Å².